The number of aromatic nitrogens is 2. The maximum Gasteiger partial charge on any atom is 0.251 e. The highest BCUT2D eigenvalue weighted by atomic mass is 16.1. The molecular weight excluding hydrogens is 324 g/mol. The second-order valence-electron chi connectivity index (χ2n) is 6.56. The zero-order chi connectivity index (χ0) is 18.4. The van der Waals surface area contributed by atoms with Crippen LogP contribution in [0.4, 0.5) is 0 Å². The van der Waals surface area contributed by atoms with Gasteiger partial charge in [0.1, 0.15) is 0 Å². The van der Waals surface area contributed by atoms with E-state index in [1.54, 1.807) is 6.20 Å². The Morgan fingerprint density at radius 1 is 1.08 bits per heavy atom. The van der Waals surface area contributed by atoms with Crippen LogP contribution in [-0.2, 0) is 13.0 Å². The summed E-state index contributed by atoms with van der Waals surface area (Å²) < 4.78 is 1.83. The lowest BCUT2D eigenvalue weighted by Gasteiger charge is -2.11. The third-order valence-electron chi connectivity index (χ3n) is 4.09. The number of nitrogens with one attached hydrogen (secondary N) is 1. The molecule has 3 aromatic rings. The molecule has 0 aliphatic rings. The fourth-order valence-electron chi connectivity index (χ4n) is 2.84. The van der Waals surface area contributed by atoms with E-state index in [0.29, 0.717) is 12.1 Å². The molecule has 0 aliphatic heterocycles. The van der Waals surface area contributed by atoms with Gasteiger partial charge < -0.3 is 10.2 Å². The third kappa shape index (κ3) is 4.80. The molecule has 1 heterocycles. The van der Waals surface area contributed by atoms with Gasteiger partial charge in [-0.25, -0.2) is 4.68 Å². The Labute approximate surface area is 154 Å². The lowest BCUT2D eigenvalue weighted by molar-refractivity contribution is 0.0954. The fourth-order valence-corrected chi connectivity index (χ4v) is 2.84. The van der Waals surface area contributed by atoms with Crippen molar-refractivity contribution < 1.29 is 4.79 Å². The van der Waals surface area contributed by atoms with Gasteiger partial charge in [-0.3, -0.25) is 4.79 Å². The summed E-state index contributed by atoms with van der Waals surface area (Å²) in [7, 11) is 4.04. The fraction of sp³-hybridized carbons (Fsp3) is 0.238. The summed E-state index contributed by atoms with van der Waals surface area (Å²) in [5.74, 6) is -0.0289. The van der Waals surface area contributed by atoms with Crippen molar-refractivity contribution in [2.24, 2.45) is 0 Å². The summed E-state index contributed by atoms with van der Waals surface area (Å²) in [6.45, 7) is 1.43. The maximum atomic E-state index is 12.3. The van der Waals surface area contributed by atoms with Crippen LogP contribution in [-0.4, -0.2) is 41.2 Å². The number of amides is 1. The number of carbonyl (C=O) groups excluding carboxylic acids is 1. The Morgan fingerprint density at radius 3 is 2.58 bits per heavy atom. The smallest absolute Gasteiger partial charge is 0.251 e. The van der Waals surface area contributed by atoms with Gasteiger partial charge in [-0.2, -0.15) is 5.10 Å². The molecule has 0 saturated carbocycles. The summed E-state index contributed by atoms with van der Waals surface area (Å²) in [5.41, 5.74) is 4.05. The van der Waals surface area contributed by atoms with E-state index in [1.807, 2.05) is 67.4 Å². The third-order valence-corrected chi connectivity index (χ3v) is 4.09. The molecule has 3 rings (SSSR count). The molecule has 0 fully saturated rings. The lowest BCUT2D eigenvalue weighted by atomic mass is 10.1. The summed E-state index contributed by atoms with van der Waals surface area (Å²) in [5, 5.41) is 7.22. The van der Waals surface area contributed by atoms with E-state index in [1.165, 1.54) is 5.56 Å². The van der Waals surface area contributed by atoms with Crippen LogP contribution in [0.3, 0.4) is 0 Å². The molecule has 0 radical (unpaired) electrons. The van der Waals surface area contributed by atoms with Gasteiger partial charge in [-0.1, -0.05) is 24.3 Å². The molecular formula is C21H24N4O. The first-order chi connectivity index (χ1) is 12.6. The Kier molecular flexibility index (Phi) is 5.81. The molecule has 5 heteroatoms. The van der Waals surface area contributed by atoms with Gasteiger partial charge in [0.2, 0.25) is 0 Å². The standard InChI is InChI=1S/C21H24N4O/c1-24(2)16-18-5-3-6-19(15-18)21(26)22-13-11-17-7-9-20(10-8-17)25-14-4-12-23-25/h3-10,12,14-15H,11,13,16H2,1-2H3,(H,22,26). The van der Waals surface area contributed by atoms with Gasteiger partial charge in [0.05, 0.1) is 5.69 Å². The SMILES string of the molecule is CN(C)Cc1cccc(C(=O)NCCc2ccc(-n3cccn3)cc2)c1. The predicted molar refractivity (Wildman–Crippen MR) is 103 cm³/mol. The molecule has 1 N–H and O–H groups in total. The van der Waals surface area contributed by atoms with Gasteiger partial charge >= 0.3 is 0 Å². The van der Waals surface area contributed by atoms with Gasteiger partial charge in [-0.15, -0.1) is 0 Å². The van der Waals surface area contributed by atoms with Crippen LogP contribution in [0.2, 0.25) is 0 Å². The maximum absolute atomic E-state index is 12.3. The molecule has 2 aromatic carbocycles. The van der Waals surface area contributed by atoms with Crippen molar-refractivity contribution in [3.05, 3.63) is 83.7 Å². The lowest BCUT2D eigenvalue weighted by Crippen LogP contribution is -2.25. The van der Waals surface area contributed by atoms with E-state index >= 15 is 0 Å². The van der Waals surface area contributed by atoms with Crippen LogP contribution in [0.1, 0.15) is 21.5 Å². The Bertz CT molecular complexity index is 839. The van der Waals surface area contributed by atoms with Crippen LogP contribution in [0.5, 0.6) is 0 Å². The zero-order valence-electron chi connectivity index (χ0n) is 15.2. The predicted octanol–water partition coefficient (Wildman–Crippen LogP) is 2.91. The molecule has 5 nitrogen and oxygen atoms in total. The molecule has 26 heavy (non-hydrogen) atoms. The first-order valence-electron chi connectivity index (χ1n) is 8.72. The molecule has 1 aromatic heterocycles. The van der Waals surface area contributed by atoms with E-state index < -0.39 is 0 Å². The Balaban J connectivity index is 1.52. The molecule has 0 unspecified atom stereocenters. The minimum atomic E-state index is -0.0289. The number of hydrogen-bond acceptors (Lipinski definition) is 3. The molecule has 1 amide bonds. The highest BCUT2D eigenvalue weighted by molar-refractivity contribution is 5.94. The van der Waals surface area contributed by atoms with E-state index in [-0.39, 0.29) is 5.91 Å². The average molecular weight is 348 g/mol. The first kappa shape index (κ1) is 17.9. The number of benzene rings is 2. The second kappa shape index (κ2) is 8.45. The van der Waals surface area contributed by atoms with Crippen molar-refractivity contribution in [2.45, 2.75) is 13.0 Å². The minimum absolute atomic E-state index is 0.0289. The number of nitrogens with zero attached hydrogens (tertiary/aromatic N) is 3. The normalized spacial score (nSPS) is 10.9. The largest absolute Gasteiger partial charge is 0.352 e. The summed E-state index contributed by atoms with van der Waals surface area (Å²) in [6.07, 6.45) is 4.47. The Morgan fingerprint density at radius 2 is 1.88 bits per heavy atom. The number of carbonyl (C=O) groups is 1. The second-order valence-corrected chi connectivity index (χ2v) is 6.56. The topological polar surface area (TPSA) is 50.2 Å². The van der Waals surface area contributed by atoms with Crippen molar-refractivity contribution in [2.75, 3.05) is 20.6 Å². The molecule has 0 saturated heterocycles. The van der Waals surface area contributed by atoms with Crippen molar-refractivity contribution in [1.82, 2.24) is 20.0 Å². The van der Waals surface area contributed by atoms with Crippen molar-refractivity contribution in [3.8, 4) is 5.69 Å². The van der Waals surface area contributed by atoms with Crippen molar-refractivity contribution in [3.63, 3.8) is 0 Å². The van der Waals surface area contributed by atoms with Crippen LogP contribution in [0.15, 0.2) is 67.0 Å². The van der Waals surface area contributed by atoms with E-state index in [2.05, 4.69) is 27.4 Å². The molecule has 0 bridgehead atoms. The minimum Gasteiger partial charge on any atom is -0.352 e. The van der Waals surface area contributed by atoms with Crippen molar-refractivity contribution >= 4 is 5.91 Å². The number of hydrogen-bond donors (Lipinski definition) is 1. The highest BCUT2D eigenvalue weighted by Crippen LogP contribution is 2.10. The molecule has 0 spiro atoms. The highest BCUT2D eigenvalue weighted by Gasteiger charge is 2.06. The Hall–Kier alpha value is -2.92. The average Bonchev–Trinajstić information content (AvgIpc) is 3.16. The first-order valence-corrected chi connectivity index (χ1v) is 8.72. The number of rotatable bonds is 7. The van der Waals surface area contributed by atoms with E-state index in [4.69, 9.17) is 0 Å². The summed E-state index contributed by atoms with van der Waals surface area (Å²) >= 11 is 0. The van der Waals surface area contributed by atoms with Gasteiger partial charge in [-0.05, 0) is 62.0 Å². The van der Waals surface area contributed by atoms with Crippen molar-refractivity contribution in [1.29, 1.82) is 0 Å². The van der Waals surface area contributed by atoms with Gasteiger partial charge in [0, 0.05) is 31.0 Å². The van der Waals surface area contributed by atoms with Crippen LogP contribution < -0.4 is 5.32 Å². The van der Waals surface area contributed by atoms with Crippen LogP contribution in [0.25, 0.3) is 5.69 Å². The molecule has 0 aliphatic carbocycles. The quantitative estimate of drug-likeness (QED) is 0.714. The van der Waals surface area contributed by atoms with Crippen LogP contribution in [0, 0.1) is 0 Å². The van der Waals surface area contributed by atoms with Crippen LogP contribution >= 0.6 is 0 Å². The zero-order valence-corrected chi connectivity index (χ0v) is 15.2. The molecule has 134 valence electrons. The molecule has 0 atom stereocenters. The van der Waals surface area contributed by atoms with E-state index in [9.17, 15) is 4.79 Å². The van der Waals surface area contributed by atoms with Gasteiger partial charge in [0.25, 0.3) is 5.91 Å². The summed E-state index contributed by atoms with van der Waals surface area (Å²) in [6, 6.07) is 17.9. The van der Waals surface area contributed by atoms with E-state index in [0.717, 1.165) is 24.2 Å². The monoisotopic (exact) mass is 348 g/mol. The summed E-state index contributed by atoms with van der Waals surface area (Å²) in [4.78, 5) is 14.4. The van der Waals surface area contributed by atoms with Gasteiger partial charge in [0.15, 0.2) is 0 Å².